The van der Waals surface area contributed by atoms with E-state index < -0.39 is 0 Å². The van der Waals surface area contributed by atoms with E-state index >= 15 is 0 Å². The number of aliphatic imine (C=N–C) groups is 1. The van der Waals surface area contributed by atoms with E-state index in [2.05, 4.69) is 54.9 Å². The van der Waals surface area contributed by atoms with E-state index in [1.165, 1.54) is 15.8 Å². The van der Waals surface area contributed by atoms with Gasteiger partial charge in [0, 0.05) is 43.9 Å². The fourth-order valence-electron chi connectivity index (χ4n) is 5.97. The van der Waals surface area contributed by atoms with Gasteiger partial charge in [0.15, 0.2) is 0 Å². The summed E-state index contributed by atoms with van der Waals surface area (Å²) in [5.74, 6) is 3.02. The average Bonchev–Trinajstić information content (AvgIpc) is 3.79. The summed E-state index contributed by atoms with van der Waals surface area (Å²) in [6, 6.07) is 16.7. The molecule has 230 valence electrons. The molecule has 4 atom stereocenters. The van der Waals surface area contributed by atoms with Gasteiger partial charge in [-0.15, -0.1) is 5.10 Å². The Hall–Kier alpha value is -3.85. The smallest absolute Gasteiger partial charge is 0.290 e. The van der Waals surface area contributed by atoms with Crippen molar-refractivity contribution in [2.45, 2.75) is 58.2 Å². The summed E-state index contributed by atoms with van der Waals surface area (Å²) in [6.45, 7) is 8.91. The zero-order valence-electron chi connectivity index (χ0n) is 26.5. The first kappa shape index (κ1) is 30.6. The van der Waals surface area contributed by atoms with Crippen molar-refractivity contribution in [3.63, 3.8) is 0 Å². The highest BCUT2D eigenvalue weighted by molar-refractivity contribution is 5.91. The van der Waals surface area contributed by atoms with Crippen LogP contribution in [-0.2, 0) is 20.0 Å². The molecule has 4 unspecified atom stereocenters. The van der Waals surface area contributed by atoms with Crippen LogP contribution in [0, 0.1) is 5.92 Å². The largest absolute Gasteiger partial charge is 0.497 e. The Morgan fingerprint density at radius 2 is 1.70 bits per heavy atom. The van der Waals surface area contributed by atoms with Crippen molar-refractivity contribution in [1.29, 1.82) is 0 Å². The van der Waals surface area contributed by atoms with Crippen LogP contribution in [0.15, 0.2) is 58.3 Å². The molecule has 2 aromatic carbocycles. The molecular weight excluding hydrogens is 542 g/mol. The molecule has 0 saturated heterocycles. The third-order valence-electron chi connectivity index (χ3n) is 8.98. The Labute approximate surface area is 255 Å². The van der Waals surface area contributed by atoms with E-state index in [9.17, 15) is 4.79 Å². The number of nitrogens with zero attached hydrogens (tertiary/aromatic N) is 5. The van der Waals surface area contributed by atoms with Gasteiger partial charge in [-0.25, -0.2) is 4.68 Å². The van der Waals surface area contributed by atoms with Gasteiger partial charge in [-0.3, -0.25) is 14.7 Å². The Bertz CT molecular complexity index is 1500. The maximum absolute atomic E-state index is 13.5. The molecule has 0 N–H and O–H groups in total. The first-order valence-corrected chi connectivity index (χ1v) is 15.2. The lowest BCUT2D eigenvalue weighted by Crippen LogP contribution is -2.48. The number of ether oxygens (including phenoxy) is 3. The topological polar surface area (TPSA) is 81.4 Å². The van der Waals surface area contributed by atoms with Crippen molar-refractivity contribution in [3.05, 3.63) is 75.6 Å². The molecule has 9 heteroatoms. The van der Waals surface area contributed by atoms with Gasteiger partial charge in [-0.05, 0) is 80.6 Å². The lowest BCUT2D eigenvalue weighted by atomic mass is 10.00. The van der Waals surface area contributed by atoms with Crippen LogP contribution in [-0.4, -0.2) is 73.4 Å². The number of anilines is 1. The van der Waals surface area contributed by atoms with Gasteiger partial charge < -0.3 is 19.1 Å². The Morgan fingerprint density at radius 1 is 0.977 bits per heavy atom. The molecule has 0 amide bonds. The van der Waals surface area contributed by atoms with Gasteiger partial charge in [-0.2, -0.15) is 0 Å². The van der Waals surface area contributed by atoms with Crippen LogP contribution in [0.4, 0.5) is 5.69 Å². The van der Waals surface area contributed by atoms with E-state index in [4.69, 9.17) is 19.2 Å². The first-order valence-electron chi connectivity index (χ1n) is 15.2. The van der Waals surface area contributed by atoms with Crippen LogP contribution in [0.25, 0.3) is 0 Å². The zero-order chi connectivity index (χ0) is 30.7. The summed E-state index contributed by atoms with van der Waals surface area (Å²) < 4.78 is 18.4. The molecule has 3 aromatic rings. The second-order valence-electron chi connectivity index (χ2n) is 11.9. The lowest BCUT2D eigenvalue weighted by Gasteiger charge is -2.35. The number of methoxy groups -OCH3 is 2. The zero-order valence-corrected chi connectivity index (χ0v) is 26.5. The number of likely N-dealkylation sites (N-methyl/N-ethyl adjacent to an activating group) is 1. The number of aryl methyl sites for hydroxylation is 2. The SMILES string of the molecule is CCc1cc(OC)ccc1C1CC1COc1cc(N(CC2=NC(C)C(C)N(C)C2)Cc2ccc(OC)cc2)c(=O)n(C)n1. The molecule has 9 nitrogen and oxygen atoms in total. The number of hydrogen-bond donors (Lipinski definition) is 0. The normalized spacial score (nSPS) is 21.7. The third-order valence-corrected chi connectivity index (χ3v) is 8.98. The van der Waals surface area contributed by atoms with Crippen LogP contribution in [0.1, 0.15) is 49.8 Å². The molecule has 1 aliphatic heterocycles. The molecule has 2 aliphatic rings. The molecule has 1 fully saturated rings. The molecule has 0 spiro atoms. The van der Waals surface area contributed by atoms with Crippen LogP contribution in [0.2, 0.25) is 0 Å². The Kier molecular flexibility index (Phi) is 9.40. The van der Waals surface area contributed by atoms with Crippen molar-refractivity contribution in [2.24, 2.45) is 18.0 Å². The van der Waals surface area contributed by atoms with Gasteiger partial charge >= 0.3 is 0 Å². The van der Waals surface area contributed by atoms with E-state index in [0.717, 1.165) is 42.2 Å². The highest BCUT2D eigenvalue weighted by Crippen LogP contribution is 2.49. The fourth-order valence-corrected chi connectivity index (χ4v) is 5.97. The van der Waals surface area contributed by atoms with E-state index in [-0.39, 0.29) is 11.6 Å². The predicted octanol–water partition coefficient (Wildman–Crippen LogP) is 4.71. The molecule has 43 heavy (non-hydrogen) atoms. The van der Waals surface area contributed by atoms with E-state index in [1.807, 2.05) is 30.3 Å². The number of benzene rings is 2. The van der Waals surface area contributed by atoms with Gasteiger partial charge in [0.1, 0.15) is 17.2 Å². The van der Waals surface area contributed by atoms with E-state index in [0.29, 0.717) is 49.1 Å². The molecule has 2 heterocycles. The monoisotopic (exact) mass is 587 g/mol. The quantitative estimate of drug-likeness (QED) is 0.304. The summed E-state index contributed by atoms with van der Waals surface area (Å²) in [4.78, 5) is 22.9. The number of rotatable bonds is 12. The predicted molar refractivity (Wildman–Crippen MR) is 171 cm³/mol. The average molecular weight is 588 g/mol. The number of aromatic nitrogens is 2. The molecule has 0 radical (unpaired) electrons. The minimum atomic E-state index is -0.165. The Balaban J connectivity index is 1.37. The van der Waals surface area contributed by atoms with Crippen molar-refractivity contribution in [3.8, 4) is 17.4 Å². The highest BCUT2D eigenvalue weighted by Gasteiger charge is 2.40. The minimum Gasteiger partial charge on any atom is -0.497 e. The van der Waals surface area contributed by atoms with Gasteiger partial charge in [0.05, 0.1) is 33.4 Å². The standard InChI is InChI=1S/C34H45N5O4/c1-8-25-15-29(42-7)13-14-30(25)31-16-26(31)21-43-33-17-32(34(40)38(5)36-33)39(18-24-9-11-28(41-6)12-10-24)20-27-19-37(4)23(3)22(2)35-27/h9-15,17,22-23,26,31H,8,16,18-21H2,1-7H3. The molecule has 0 bridgehead atoms. The third kappa shape index (κ3) is 7.04. The maximum Gasteiger partial charge on any atom is 0.290 e. The van der Waals surface area contributed by atoms with Gasteiger partial charge in [0.2, 0.25) is 5.88 Å². The van der Waals surface area contributed by atoms with Crippen molar-refractivity contribution >= 4 is 11.4 Å². The van der Waals surface area contributed by atoms with Crippen LogP contribution < -0.4 is 24.7 Å². The fraction of sp³-hybridized carbons (Fsp3) is 0.500. The lowest BCUT2D eigenvalue weighted by molar-refractivity contribution is 0.248. The summed E-state index contributed by atoms with van der Waals surface area (Å²) in [7, 11) is 7.18. The summed E-state index contributed by atoms with van der Waals surface area (Å²) in [5, 5.41) is 4.46. The van der Waals surface area contributed by atoms with Gasteiger partial charge in [0.25, 0.3) is 5.56 Å². The van der Waals surface area contributed by atoms with E-state index in [1.54, 1.807) is 27.3 Å². The summed E-state index contributed by atoms with van der Waals surface area (Å²) in [5.41, 5.74) is 5.20. The highest BCUT2D eigenvalue weighted by atomic mass is 16.5. The Morgan fingerprint density at radius 3 is 2.37 bits per heavy atom. The summed E-state index contributed by atoms with van der Waals surface area (Å²) >= 11 is 0. The molecular formula is C34H45N5O4. The van der Waals surface area contributed by atoms with Crippen LogP contribution >= 0.6 is 0 Å². The molecule has 1 saturated carbocycles. The molecule has 1 aliphatic carbocycles. The maximum atomic E-state index is 13.5. The van der Waals surface area contributed by atoms with Crippen molar-refractivity contribution in [1.82, 2.24) is 14.7 Å². The van der Waals surface area contributed by atoms with Gasteiger partial charge in [-0.1, -0.05) is 25.1 Å². The minimum absolute atomic E-state index is 0.165. The summed E-state index contributed by atoms with van der Waals surface area (Å²) in [6.07, 6.45) is 2.04. The molecule has 5 rings (SSSR count). The van der Waals surface area contributed by atoms with Crippen LogP contribution in [0.5, 0.6) is 17.4 Å². The second kappa shape index (κ2) is 13.2. The van der Waals surface area contributed by atoms with Crippen molar-refractivity contribution in [2.75, 3.05) is 45.9 Å². The molecule has 1 aromatic heterocycles. The second-order valence-corrected chi connectivity index (χ2v) is 11.9. The van der Waals surface area contributed by atoms with Crippen LogP contribution in [0.3, 0.4) is 0 Å². The van der Waals surface area contributed by atoms with Crippen molar-refractivity contribution < 1.29 is 14.2 Å². The first-order chi connectivity index (χ1) is 20.7. The number of hydrogen-bond acceptors (Lipinski definition) is 8.